The number of anilines is 2. The topological polar surface area (TPSA) is 131 Å². The Kier molecular flexibility index (Phi) is 6.17. The van der Waals surface area contributed by atoms with Gasteiger partial charge in [0, 0.05) is 11.7 Å². The van der Waals surface area contributed by atoms with Gasteiger partial charge in [-0.1, -0.05) is 31.0 Å². The molecule has 0 bridgehead atoms. The Morgan fingerprint density at radius 1 is 1.24 bits per heavy atom. The van der Waals surface area contributed by atoms with Gasteiger partial charge in [0.2, 0.25) is 5.91 Å². The van der Waals surface area contributed by atoms with E-state index in [1.54, 1.807) is 19.1 Å². The maximum atomic E-state index is 13.4. The zero-order valence-electron chi connectivity index (χ0n) is 16.5. The highest BCUT2D eigenvalue weighted by Crippen LogP contribution is 2.29. The van der Waals surface area contributed by atoms with Crippen molar-refractivity contribution in [1.29, 1.82) is 0 Å². The highest BCUT2D eigenvalue weighted by atomic mass is 32.1. The highest BCUT2D eigenvalue weighted by Gasteiger charge is 2.33. The van der Waals surface area contributed by atoms with Gasteiger partial charge in [0.1, 0.15) is 10.9 Å². The quantitative estimate of drug-likeness (QED) is 0.666. The van der Waals surface area contributed by atoms with Crippen LogP contribution >= 0.6 is 11.5 Å². The Labute approximate surface area is 173 Å². The number of aryl methyl sites for hydroxylation is 1. The number of primary amides is 1. The minimum Gasteiger partial charge on any atom is -0.395 e. The molecule has 1 aliphatic rings. The van der Waals surface area contributed by atoms with Crippen LogP contribution in [0.25, 0.3) is 0 Å². The molecule has 5 N–H and O–H groups in total. The summed E-state index contributed by atoms with van der Waals surface area (Å²) in [5, 5.41) is 3.04. The summed E-state index contributed by atoms with van der Waals surface area (Å²) in [7, 11) is 0. The van der Waals surface area contributed by atoms with Crippen molar-refractivity contribution in [3.63, 3.8) is 0 Å². The summed E-state index contributed by atoms with van der Waals surface area (Å²) >= 11 is 0.805. The molecule has 1 atom stereocenters. The largest absolute Gasteiger partial charge is 0.395 e. The van der Waals surface area contributed by atoms with E-state index in [1.165, 1.54) is 4.90 Å². The zero-order chi connectivity index (χ0) is 21.1. The molecular weight excluding hydrogens is 390 g/mol. The summed E-state index contributed by atoms with van der Waals surface area (Å²) in [4.78, 5) is 39.3. The second-order valence-electron chi connectivity index (χ2n) is 7.27. The van der Waals surface area contributed by atoms with Gasteiger partial charge >= 0.3 is 0 Å². The van der Waals surface area contributed by atoms with E-state index < -0.39 is 17.9 Å². The fourth-order valence-electron chi connectivity index (χ4n) is 3.58. The van der Waals surface area contributed by atoms with E-state index in [4.69, 9.17) is 11.5 Å². The van der Waals surface area contributed by atoms with Crippen LogP contribution in [0.15, 0.2) is 24.3 Å². The number of nitrogen functional groups attached to an aromatic ring is 1. The Morgan fingerprint density at radius 2 is 1.90 bits per heavy atom. The molecule has 3 amide bonds. The van der Waals surface area contributed by atoms with Gasteiger partial charge < -0.3 is 16.8 Å². The first-order chi connectivity index (χ1) is 13.8. The molecule has 2 aromatic rings. The van der Waals surface area contributed by atoms with Crippen molar-refractivity contribution in [3.05, 3.63) is 40.4 Å². The third-order valence-electron chi connectivity index (χ3n) is 5.22. The SMILES string of the molecule is Cc1ccccc1N(C(=O)c1snc(C(N)=O)c1N)[C@H](C)C(=O)NC1CCCC1. The Balaban J connectivity index is 1.97. The Hall–Kier alpha value is -2.94. The van der Waals surface area contributed by atoms with Crippen molar-refractivity contribution in [3.8, 4) is 0 Å². The molecule has 1 aromatic heterocycles. The van der Waals surface area contributed by atoms with Crippen LogP contribution in [0.4, 0.5) is 11.4 Å². The number of aromatic nitrogens is 1. The standard InChI is InChI=1S/C20H25N5O3S/c1-11-7-3-6-10-14(11)25(12(2)19(27)23-13-8-4-5-9-13)20(28)17-15(21)16(18(22)26)24-29-17/h3,6-7,10,12-13H,4-5,8-9,21H2,1-2H3,(H2,22,26)(H,23,27)/t12-/m1/s1. The number of carbonyl (C=O) groups is 3. The van der Waals surface area contributed by atoms with Gasteiger partial charge in [0.05, 0.1) is 5.69 Å². The molecule has 1 fully saturated rings. The molecule has 0 spiro atoms. The number of carbonyl (C=O) groups excluding carboxylic acids is 3. The van der Waals surface area contributed by atoms with Crippen LogP contribution in [0.2, 0.25) is 0 Å². The maximum absolute atomic E-state index is 13.4. The average molecular weight is 416 g/mol. The van der Waals surface area contributed by atoms with Gasteiger partial charge in [-0.15, -0.1) is 0 Å². The van der Waals surface area contributed by atoms with Crippen molar-refractivity contribution in [2.24, 2.45) is 5.73 Å². The first-order valence-electron chi connectivity index (χ1n) is 9.55. The normalized spacial score (nSPS) is 15.1. The summed E-state index contributed by atoms with van der Waals surface area (Å²) < 4.78 is 3.92. The number of hydrogen-bond donors (Lipinski definition) is 3. The van der Waals surface area contributed by atoms with E-state index in [1.807, 2.05) is 19.1 Å². The molecule has 1 saturated carbocycles. The molecular formula is C20H25N5O3S. The molecule has 1 heterocycles. The van der Waals surface area contributed by atoms with Crippen LogP contribution in [0, 0.1) is 6.92 Å². The number of amides is 3. The lowest BCUT2D eigenvalue weighted by atomic mass is 10.1. The minimum absolute atomic E-state index is 0.0607. The third kappa shape index (κ3) is 4.24. The third-order valence-corrected chi connectivity index (χ3v) is 6.07. The number of para-hydroxylation sites is 1. The molecule has 0 saturated heterocycles. The summed E-state index contributed by atoms with van der Waals surface area (Å²) in [5.41, 5.74) is 12.5. The van der Waals surface area contributed by atoms with Crippen molar-refractivity contribution < 1.29 is 14.4 Å². The van der Waals surface area contributed by atoms with Crippen molar-refractivity contribution in [2.75, 3.05) is 10.6 Å². The smallest absolute Gasteiger partial charge is 0.272 e. The lowest BCUT2D eigenvalue weighted by molar-refractivity contribution is -0.122. The lowest BCUT2D eigenvalue weighted by Crippen LogP contribution is -2.50. The van der Waals surface area contributed by atoms with E-state index in [0.717, 1.165) is 42.8 Å². The van der Waals surface area contributed by atoms with E-state index in [0.29, 0.717) is 5.69 Å². The van der Waals surface area contributed by atoms with Gasteiger partial charge in [-0.05, 0) is 49.9 Å². The predicted molar refractivity (Wildman–Crippen MR) is 113 cm³/mol. The maximum Gasteiger partial charge on any atom is 0.272 e. The number of hydrogen-bond acceptors (Lipinski definition) is 6. The van der Waals surface area contributed by atoms with E-state index in [-0.39, 0.29) is 28.2 Å². The van der Waals surface area contributed by atoms with E-state index in [9.17, 15) is 14.4 Å². The first-order valence-corrected chi connectivity index (χ1v) is 10.3. The van der Waals surface area contributed by atoms with Crippen molar-refractivity contribution in [2.45, 2.75) is 51.6 Å². The predicted octanol–water partition coefficient (Wildman–Crippen LogP) is 2.23. The molecule has 9 heteroatoms. The van der Waals surface area contributed by atoms with Crippen LogP contribution in [0.3, 0.4) is 0 Å². The van der Waals surface area contributed by atoms with Crippen molar-refractivity contribution in [1.82, 2.24) is 9.69 Å². The fraction of sp³-hybridized carbons (Fsp3) is 0.400. The monoisotopic (exact) mass is 415 g/mol. The van der Waals surface area contributed by atoms with Crippen LogP contribution in [-0.2, 0) is 4.79 Å². The van der Waals surface area contributed by atoms with Crippen LogP contribution in [-0.4, -0.2) is 34.2 Å². The molecule has 1 aromatic carbocycles. The average Bonchev–Trinajstić information content (AvgIpc) is 3.32. The molecule has 1 aliphatic carbocycles. The molecule has 8 nitrogen and oxygen atoms in total. The second-order valence-corrected chi connectivity index (χ2v) is 8.04. The van der Waals surface area contributed by atoms with Crippen LogP contribution < -0.4 is 21.7 Å². The molecule has 3 rings (SSSR count). The first kappa shape index (κ1) is 20.8. The fourth-order valence-corrected chi connectivity index (χ4v) is 4.32. The van der Waals surface area contributed by atoms with Gasteiger partial charge in [-0.3, -0.25) is 19.3 Å². The summed E-state index contributed by atoms with van der Waals surface area (Å²) in [6, 6.07) is 6.66. The second kappa shape index (κ2) is 8.60. The summed E-state index contributed by atoms with van der Waals surface area (Å²) in [6.07, 6.45) is 4.07. The van der Waals surface area contributed by atoms with Gasteiger partial charge in [-0.2, -0.15) is 4.37 Å². The Morgan fingerprint density at radius 3 is 2.48 bits per heavy atom. The summed E-state index contributed by atoms with van der Waals surface area (Å²) in [6.45, 7) is 3.54. The zero-order valence-corrected chi connectivity index (χ0v) is 17.3. The summed E-state index contributed by atoms with van der Waals surface area (Å²) in [5.74, 6) is -1.52. The van der Waals surface area contributed by atoms with E-state index in [2.05, 4.69) is 9.69 Å². The lowest BCUT2D eigenvalue weighted by Gasteiger charge is -2.30. The van der Waals surface area contributed by atoms with Gasteiger partial charge in [0.15, 0.2) is 5.69 Å². The molecule has 29 heavy (non-hydrogen) atoms. The molecule has 154 valence electrons. The molecule has 0 radical (unpaired) electrons. The minimum atomic E-state index is -0.799. The number of benzene rings is 1. The number of nitrogens with zero attached hydrogens (tertiary/aromatic N) is 2. The van der Waals surface area contributed by atoms with Crippen LogP contribution in [0.1, 0.15) is 58.3 Å². The van der Waals surface area contributed by atoms with Gasteiger partial charge in [0.25, 0.3) is 11.8 Å². The Bertz CT molecular complexity index is 936. The highest BCUT2D eigenvalue weighted by molar-refractivity contribution is 7.09. The van der Waals surface area contributed by atoms with Gasteiger partial charge in [-0.25, -0.2) is 0 Å². The van der Waals surface area contributed by atoms with Crippen molar-refractivity contribution >= 4 is 40.6 Å². The number of nitrogens with two attached hydrogens (primary N) is 2. The number of rotatable bonds is 6. The number of nitrogens with one attached hydrogen (secondary N) is 1. The molecule has 0 aliphatic heterocycles. The van der Waals surface area contributed by atoms with Crippen LogP contribution in [0.5, 0.6) is 0 Å². The molecule has 0 unspecified atom stereocenters. The van der Waals surface area contributed by atoms with E-state index >= 15 is 0 Å².